The van der Waals surface area contributed by atoms with E-state index in [-0.39, 0.29) is 18.2 Å². The average molecular weight is 263 g/mol. The summed E-state index contributed by atoms with van der Waals surface area (Å²) < 4.78 is 24.6. The number of nitrogens with zero attached hydrogens (tertiary/aromatic N) is 2. The summed E-state index contributed by atoms with van der Waals surface area (Å²) in [7, 11) is -1.90. The second-order valence-electron chi connectivity index (χ2n) is 4.30. The largest absolute Gasteiger partial charge is 0.342 e. The molecule has 1 saturated heterocycles. The third-order valence-corrected chi connectivity index (χ3v) is 4.78. The molecule has 0 aromatic rings. The summed E-state index contributed by atoms with van der Waals surface area (Å²) in [4.78, 5) is 13.5. The SMILES string of the molecule is CN(CC(=O)N1CCCC1)S(=O)(=O)CCCN. The highest BCUT2D eigenvalue weighted by molar-refractivity contribution is 7.89. The van der Waals surface area contributed by atoms with Crippen LogP contribution >= 0.6 is 0 Å². The van der Waals surface area contributed by atoms with Crippen molar-refractivity contribution in [3.63, 3.8) is 0 Å². The number of hydrogen-bond acceptors (Lipinski definition) is 4. The molecule has 0 radical (unpaired) electrons. The molecule has 1 fully saturated rings. The van der Waals surface area contributed by atoms with E-state index < -0.39 is 10.0 Å². The van der Waals surface area contributed by atoms with Gasteiger partial charge in [0.2, 0.25) is 15.9 Å². The highest BCUT2D eigenvalue weighted by Gasteiger charge is 2.24. The number of rotatable bonds is 6. The van der Waals surface area contributed by atoms with Gasteiger partial charge in [-0.2, -0.15) is 4.31 Å². The summed E-state index contributed by atoms with van der Waals surface area (Å²) in [6.07, 6.45) is 2.44. The van der Waals surface area contributed by atoms with Crippen LogP contribution < -0.4 is 5.73 Å². The Bertz CT molecular complexity index is 350. The van der Waals surface area contributed by atoms with Crippen LogP contribution in [0, 0.1) is 0 Å². The zero-order valence-corrected chi connectivity index (χ0v) is 11.1. The van der Waals surface area contributed by atoms with Crippen LogP contribution in [0.1, 0.15) is 19.3 Å². The zero-order valence-electron chi connectivity index (χ0n) is 10.3. The van der Waals surface area contributed by atoms with E-state index in [1.807, 2.05) is 0 Å². The number of hydrogen-bond donors (Lipinski definition) is 1. The van der Waals surface area contributed by atoms with Crippen molar-refractivity contribution < 1.29 is 13.2 Å². The maximum atomic E-state index is 11.8. The quantitative estimate of drug-likeness (QED) is 0.681. The Hall–Kier alpha value is -0.660. The molecule has 0 bridgehead atoms. The summed E-state index contributed by atoms with van der Waals surface area (Å²) >= 11 is 0. The molecule has 0 atom stereocenters. The van der Waals surface area contributed by atoms with Gasteiger partial charge in [-0.25, -0.2) is 8.42 Å². The van der Waals surface area contributed by atoms with Gasteiger partial charge in [-0.1, -0.05) is 0 Å². The first-order valence-corrected chi connectivity index (χ1v) is 7.50. The lowest BCUT2D eigenvalue weighted by Gasteiger charge is -2.20. The first-order valence-electron chi connectivity index (χ1n) is 5.89. The van der Waals surface area contributed by atoms with E-state index in [1.165, 1.54) is 7.05 Å². The van der Waals surface area contributed by atoms with Crippen molar-refractivity contribution in [3.8, 4) is 0 Å². The lowest BCUT2D eigenvalue weighted by atomic mass is 10.4. The molecular formula is C10H21N3O3S. The minimum atomic E-state index is -3.34. The summed E-state index contributed by atoms with van der Waals surface area (Å²) in [5.41, 5.74) is 5.28. The molecule has 2 N–H and O–H groups in total. The topological polar surface area (TPSA) is 83.7 Å². The van der Waals surface area contributed by atoms with Gasteiger partial charge in [-0.3, -0.25) is 4.79 Å². The van der Waals surface area contributed by atoms with Crippen LogP contribution in [0.25, 0.3) is 0 Å². The van der Waals surface area contributed by atoms with E-state index in [0.29, 0.717) is 13.0 Å². The van der Waals surface area contributed by atoms with E-state index in [1.54, 1.807) is 4.90 Å². The van der Waals surface area contributed by atoms with Gasteiger partial charge in [-0.15, -0.1) is 0 Å². The maximum Gasteiger partial charge on any atom is 0.237 e. The smallest absolute Gasteiger partial charge is 0.237 e. The van der Waals surface area contributed by atoms with E-state index in [0.717, 1.165) is 30.2 Å². The number of amides is 1. The van der Waals surface area contributed by atoms with E-state index in [9.17, 15) is 13.2 Å². The van der Waals surface area contributed by atoms with Crippen molar-refractivity contribution in [1.82, 2.24) is 9.21 Å². The highest BCUT2D eigenvalue weighted by atomic mass is 32.2. The van der Waals surface area contributed by atoms with Crippen molar-refractivity contribution in [2.45, 2.75) is 19.3 Å². The van der Waals surface area contributed by atoms with Crippen LogP contribution in [0.5, 0.6) is 0 Å². The molecule has 1 aliphatic rings. The zero-order chi connectivity index (χ0) is 12.9. The van der Waals surface area contributed by atoms with Crippen molar-refractivity contribution >= 4 is 15.9 Å². The Morgan fingerprint density at radius 1 is 1.35 bits per heavy atom. The lowest BCUT2D eigenvalue weighted by molar-refractivity contribution is -0.130. The van der Waals surface area contributed by atoms with Crippen LogP contribution in [0.3, 0.4) is 0 Å². The molecule has 17 heavy (non-hydrogen) atoms. The van der Waals surface area contributed by atoms with Gasteiger partial charge in [0, 0.05) is 20.1 Å². The molecule has 0 saturated carbocycles. The highest BCUT2D eigenvalue weighted by Crippen LogP contribution is 2.09. The third-order valence-electron chi connectivity index (χ3n) is 2.90. The number of sulfonamides is 1. The predicted octanol–water partition coefficient (Wildman–Crippen LogP) is -0.781. The second-order valence-corrected chi connectivity index (χ2v) is 6.50. The number of nitrogens with two attached hydrogens (primary N) is 1. The van der Waals surface area contributed by atoms with Crippen LogP contribution in [-0.4, -0.2) is 62.5 Å². The number of likely N-dealkylation sites (N-methyl/N-ethyl adjacent to an activating group) is 1. The molecule has 6 nitrogen and oxygen atoms in total. The van der Waals surface area contributed by atoms with Gasteiger partial charge < -0.3 is 10.6 Å². The molecule has 7 heteroatoms. The van der Waals surface area contributed by atoms with Gasteiger partial charge in [-0.05, 0) is 25.8 Å². The second kappa shape index (κ2) is 6.32. The van der Waals surface area contributed by atoms with Crippen molar-refractivity contribution in [3.05, 3.63) is 0 Å². The molecular weight excluding hydrogens is 242 g/mol. The number of likely N-dealkylation sites (tertiary alicyclic amines) is 1. The molecule has 1 aliphatic heterocycles. The maximum absolute atomic E-state index is 11.8. The Morgan fingerprint density at radius 2 is 1.94 bits per heavy atom. The molecule has 1 rings (SSSR count). The molecule has 0 unspecified atom stereocenters. The van der Waals surface area contributed by atoms with Gasteiger partial charge in [0.05, 0.1) is 12.3 Å². The minimum Gasteiger partial charge on any atom is -0.342 e. The molecule has 0 aromatic heterocycles. The summed E-state index contributed by atoms with van der Waals surface area (Å²) in [5, 5.41) is 0. The molecule has 100 valence electrons. The van der Waals surface area contributed by atoms with Crippen molar-refractivity contribution in [2.24, 2.45) is 5.73 Å². The van der Waals surface area contributed by atoms with Gasteiger partial charge >= 0.3 is 0 Å². The fraction of sp³-hybridized carbons (Fsp3) is 0.900. The molecule has 1 amide bonds. The lowest BCUT2D eigenvalue weighted by Crippen LogP contribution is -2.40. The predicted molar refractivity (Wildman–Crippen MR) is 65.9 cm³/mol. The third kappa shape index (κ3) is 4.25. The Balaban J connectivity index is 2.47. The summed E-state index contributed by atoms with van der Waals surface area (Å²) in [6, 6.07) is 0. The summed E-state index contributed by atoms with van der Waals surface area (Å²) in [5.74, 6) is -0.103. The Kier molecular flexibility index (Phi) is 5.35. The van der Waals surface area contributed by atoms with Crippen LogP contribution in [-0.2, 0) is 14.8 Å². The fourth-order valence-corrected chi connectivity index (χ4v) is 2.93. The van der Waals surface area contributed by atoms with E-state index in [2.05, 4.69) is 0 Å². The molecule has 0 aromatic carbocycles. The van der Waals surface area contributed by atoms with Crippen LogP contribution in [0.2, 0.25) is 0 Å². The van der Waals surface area contributed by atoms with E-state index >= 15 is 0 Å². The van der Waals surface area contributed by atoms with Crippen molar-refractivity contribution in [2.75, 3.05) is 39.0 Å². The standard InChI is InChI=1S/C10H21N3O3S/c1-12(17(15,16)8-4-5-11)9-10(14)13-6-2-3-7-13/h2-9,11H2,1H3. The van der Waals surface area contributed by atoms with E-state index in [4.69, 9.17) is 5.73 Å². The first kappa shape index (κ1) is 14.4. The Labute approximate surface area is 103 Å². The van der Waals surface area contributed by atoms with Crippen molar-refractivity contribution in [1.29, 1.82) is 0 Å². The average Bonchev–Trinajstić information content (AvgIpc) is 2.79. The van der Waals surface area contributed by atoms with Gasteiger partial charge in [0.25, 0.3) is 0 Å². The summed E-state index contributed by atoms with van der Waals surface area (Å²) in [6.45, 7) is 1.77. The molecule has 0 spiro atoms. The monoisotopic (exact) mass is 263 g/mol. The normalized spacial score (nSPS) is 16.8. The van der Waals surface area contributed by atoms with Crippen LogP contribution in [0.15, 0.2) is 0 Å². The Morgan fingerprint density at radius 3 is 2.47 bits per heavy atom. The van der Waals surface area contributed by atoms with Gasteiger partial charge in [0.1, 0.15) is 0 Å². The first-order chi connectivity index (χ1) is 7.97. The molecule has 0 aliphatic carbocycles. The fourth-order valence-electron chi connectivity index (χ4n) is 1.78. The number of carbonyl (C=O) groups excluding carboxylic acids is 1. The van der Waals surface area contributed by atoms with Crippen LogP contribution in [0.4, 0.5) is 0 Å². The number of carbonyl (C=O) groups is 1. The minimum absolute atomic E-state index is 0.00722. The van der Waals surface area contributed by atoms with Gasteiger partial charge in [0.15, 0.2) is 0 Å². The molecule has 1 heterocycles.